The maximum absolute atomic E-state index is 11.6. The average molecular weight is 265 g/mol. The zero-order valence-electron chi connectivity index (χ0n) is 11.0. The first-order valence-electron chi connectivity index (χ1n) is 6.37. The molecule has 1 unspecified atom stereocenters. The molecule has 1 aromatic heterocycles. The van der Waals surface area contributed by atoms with Crippen molar-refractivity contribution in [3.8, 4) is 0 Å². The molecule has 0 radical (unpaired) electrons. The van der Waals surface area contributed by atoms with Crippen LogP contribution in [0.4, 0.5) is 4.79 Å². The van der Waals surface area contributed by atoms with E-state index >= 15 is 0 Å². The highest BCUT2D eigenvalue weighted by Crippen LogP contribution is 2.02. The summed E-state index contributed by atoms with van der Waals surface area (Å²) in [6.07, 6.45) is 1.68. The van der Waals surface area contributed by atoms with Gasteiger partial charge in [0.2, 0.25) is 0 Å². The van der Waals surface area contributed by atoms with E-state index in [1.807, 2.05) is 19.1 Å². The third-order valence-corrected chi connectivity index (χ3v) is 2.93. The van der Waals surface area contributed by atoms with Crippen LogP contribution in [0.3, 0.4) is 0 Å². The summed E-state index contributed by atoms with van der Waals surface area (Å²) in [7, 11) is 0. The smallest absolute Gasteiger partial charge is 0.315 e. The largest absolute Gasteiger partial charge is 0.376 e. The van der Waals surface area contributed by atoms with Crippen LogP contribution in [0.5, 0.6) is 0 Å². The van der Waals surface area contributed by atoms with Crippen LogP contribution in [0, 0.1) is 6.92 Å². The fraction of sp³-hybridized carbons (Fsp3) is 0.538. The van der Waals surface area contributed by atoms with Crippen LogP contribution in [0.1, 0.15) is 11.3 Å². The number of aromatic nitrogens is 1. The van der Waals surface area contributed by atoms with Crippen LogP contribution in [-0.4, -0.2) is 43.5 Å². The van der Waals surface area contributed by atoms with Crippen molar-refractivity contribution in [2.24, 2.45) is 0 Å². The normalized spacial score (nSPS) is 18.9. The summed E-state index contributed by atoms with van der Waals surface area (Å²) < 4.78 is 10.7. The molecule has 1 aliphatic rings. The van der Waals surface area contributed by atoms with Gasteiger partial charge in [0.15, 0.2) is 0 Å². The molecule has 1 aliphatic heterocycles. The van der Waals surface area contributed by atoms with E-state index in [2.05, 4.69) is 15.6 Å². The van der Waals surface area contributed by atoms with Gasteiger partial charge < -0.3 is 20.1 Å². The highest BCUT2D eigenvalue weighted by Gasteiger charge is 2.14. The molecule has 2 heterocycles. The van der Waals surface area contributed by atoms with Gasteiger partial charge in [0.25, 0.3) is 0 Å². The minimum atomic E-state index is -0.211. The molecule has 2 amide bonds. The van der Waals surface area contributed by atoms with Crippen LogP contribution in [-0.2, 0) is 16.0 Å². The Morgan fingerprint density at radius 3 is 3.11 bits per heavy atom. The number of carbonyl (C=O) groups is 1. The lowest BCUT2D eigenvalue weighted by atomic mass is 10.2. The van der Waals surface area contributed by atoms with Gasteiger partial charge in [0.1, 0.15) is 0 Å². The highest BCUT2D eigenvalue weighted by molar-refractivity contribution is 5.73. The Morgan fingerprint density at radius 2 is 2.37 bits per heavy atom. The molecule has 2 rings (SSSR count). The fourth-order valence-electron chi connectivity index (χ4n) is 1.80. The van der Waals surface area contributed by atoms with E-state index in [-0.39, 0.29) is 12.1 Å². The summed E-state index contributed by atoms with van der Waals surface area (Å²) in [5.74, 6) is 0. The number of nitrogens with zero attached hydrogens (tertiary/aromatic N) is 1. The predicted octanol–water partition coefficient (Wildman–Crippen LogP) is 0.605. The lowest BCUT2D eigenvalue weighted by Gasteiger charge is -2.23. The van der Waals surface area contributed by atoms with Gasteiger partial charge in [-0.05, 0) is 18.6 Å². The van der Waals surface area contributed by atoms with Crippen LogP contribution < -0.4 is 10.6 Å². The summed E-state index contributed by atoms with van der Waals surface area (Å²) in [5, 5.41) is 5.56. The van der Waals surface area contributed by atoms with E-state index in [0.29, 0.717) is 32.9 Å². The monoisotopic (exact) mass is 265 g/mol. The van der Waals surface area contributed by atoms with Gasteiger partial charge >= 0.3 is 6.03 Å². The Morgan fingerprint density at radius 1 is 1.47 bits per heavy atom. The molecule has 1 aromatic rings. The number of hydrogen-bond donors (Lipinski definition) is 2. The third kappa shape index (κ3) is 4.50. The number of nitrogens with one attached hydrogen (secondary N) is 2. The summed E-state index contributed by atoms with van der Waals surface area (Å²) in [6.45, 7) is 4.58. The van der Waals surface area contributed by atoms with E-state index in [0.717, 1.165) is 11.3 Å². The standard InChI is InChI=1S/C13H19N3O3/c1-10-11(3-2-4-14-10)7-15-13(17)16-8-12-9-18-5-6-19-12/h2-4,12H,5-9H2,1H3,(H2,15,16,17). The Hall–Kier alpha value is -1.66. The van der Waals surface area contributed by atoms with Crippen molar-refractivity contribution in [3.05, 3.63) is 29.6 Å². The Kier molecular flexibility index (Phi) is 5.11. The Balaban J connectivity index is 1.68. The van der Waals surface area contributed by atoms with Crippen molar-refractivity contribution in [3.63, 3.8) is 0 Å². The first-order valence-corrected chi connectivity index (χ1v) is 6.37. The molecular weight excluding hydrogens is 246 g/mol. The van der Waals surface area contributed by atoms with Gasteiger partial charge in [-0.1, -0.05) is 6.07 Å². The number of ether oxygens (including phenoxy) is 2. The zero-order valence-corrected chi connectivity index (χ0v) is 11.0. The van der Waals surface area contributed by atoms with Crippen LogP contribution in [0.25, 0.3) is 0 Å². The van der Waals surface area contributed by atoms with Crippen molar-refractivity contribution in [1.82, 2.24) is 15.6 Å². The van der Waals surface area contributed by atoms with E-state index in [1.54, 1.807) is 6.20 Å². The minimum absolute atomic E-state index is 0.0559. The second-order valence-electron chi connectivity index (χ2n) is 4.38. The number of urea groups is 1. The summed E-state index contributed by atoms with van der Waals surface area (Å²) in [6, 6.07) is 3.59. The molecule has 104 valence electrons. The molecule has 0 aromatic carbocycles. The topological polar surface area (TPSA) is 72.5 Å². The first-order chi connectivity index (χ1) is 9.25. The first kappa shape index (κ1) is 13.8. The number of aryl methyl sites for hydroxylation is 1. The van der Waals surface area contributed by atoms with Gasteiger partial charge in [0.05, 0.1) is 25.9 Å². The molecule has 2 N–H and O–H groups in total. The van der Waals surface area contributed by atoms with Crippen LogP contribution in [0.15, 0.2) is 18.3 Å². The lowest BCUT2D eigenvalue weighted by Crippen LogP contribution is -2.43. The van der Waals surface area contributed by atoms with Crippen molar-refractivity contribution in [1.29, 1.82) is 0 Å². The second-order valence-corrected chi connectivity index (χ2v) is 4.38. The summed E-state index contributed by atoms with van der Waals surface area (Å²) in [4.78, 5) is 15.8. The maximum Gasteiger partial charge on any atom is 0.315 e. The van der Waals surface area contributed by atoms with E-state index in [1.165, 1.54) is 0 Å². The van der Waals surface area contributed by atoms with E-state index < -0.39 is 0 Å². The highest BCUT2D eigenvalue weighted by atomic mass is 16.6. The molecule has 6 nitrogen and oxygen atoms in total. The Labute approximate surface area is 112 Å². The number of pyridine rings is 1. The molecule has 0 spiro atoms. The summed E-state index contributed by atoms with van der Waals surface area (Å²) >= 11 is 0. The number of rotatable bonds is 4. The molecule has 1 saturated heterocycles. The SMILES string of the molecule is Cc1ncccc1CNC(=O)NCC1COCCO1. The zero-order chi connectivity index (χ0) is 13.5. The number of amides is 2. The number of carbonyl (C=O) groups excluding carboxylic acids is 1. The van der Waals surface area contributed by atoms with E-state index in [9.17, 15) is 4.79 Å². The van der Waals surface area contributed by atoms with Crippen molar-refractivity contribution in [2.75, 3.05) is 26.4 Å². The lowest BCUT2D eigenvalue weighted by molar-refractivity contribution is -0.0853. The molecule has 0 bridgehead atoms. The van der Waals surface area contributed by atoms with Gasteiger partial charge in [-0.3, -0.25) is 4.98 Å². The Bertz CT molecular complexity index is 419. The molecule has 1 fully saturated rings. The fourth-order valence-corrected chi connectivity index (χ4v) is 1.80. The molecule has 0 saturated carbocycles. The van der Waals surface area contributed by atoms with Crippen molar-refractivity contribution >= 4 is 6.03 Å². The van der Waals surface area contributed by atoms with Gasteiger partial charge in [-0.25, -0.2) is 4.79 Å². The quantitative estimate of drug-likeness (QED) is 0.836. The predicted molar refractivity (Wildman–Crippen MR) is 69.8 cm³/mol. The number of hydrogen-bond acceptors (Lipinski definition) is 4. The maximum atomic E-state index is 11.6. The van der Waals surface area contributed by atoms with Crippen LogP contribution in [0.2, 0.25) is 0 Å². The summed E-state index contributed by atoms with van der Waals surface area (Å²) in [5.41, 5.74) is 1.93. The van der Waals surface area contributed by atoms with Crippen molar-refractivity contribution in [2.45, 2.75) is 19.6 Å². The molecule has 19 heavy (non-hydrogen) atoms. The van der Waals surface area contributed by atoms with Gasteiger partial charge in [-0.15, -0.1) is 0 Å². The molecule has 0 aliphatic carbocycles. The second kappa shape index (κ2) is 7.06. The van der Waals surface area contributed by atoms with Crippen molar-refractivity contribution < 1.29 is 14.3 Å². The van der Waals surface area contributed by atoms with E-state index in [4.69, 9.17) is 9.47 Å². The van der Waals surface area contributed by atoms with Gasteiger partial charge in [0, 0.05) is 25.0 Å². The average Bonchev–Trinajstić information content (AvgIpc) is 2.45. The van der Waals surface area contributed by atoms with Crippen LogP contribution >= 0.6 is 0 Å². The third-order valence-electron chi connectivity index (χ3n) is 2.93. The van der Waals surface area contributed by atoms with Gasteiger partial charge in [-0.2, -0.15) is 0 Å². The molecule has 6 heteroatoms. The molecule has 1 atom stereocenters. The molecular formula is C13H19N3O3. The minimum Gasteiger partial charge on any atom is -0.376 e.